The molecule has 0 bridgehead atoms. The fourth-order valence-electron chi connectivity index (χ4n) is 5.74. The van der Waals surface area contributed by atoms with Gasteiger partial charge in [-0.2, -0.15) is 0 Å². The molecule has 0 unspecified atom stereocenters. The molecule has 0 spiro atoms. The summed E-state index contributed by atoms with van der Waals surface area (Å²) in [5.41, 5.74) is 7.31. The number of nitrogens with zero attached hydrogens (tertiary/aromatic N) is 5. The van der Waals surface area contributed by atoms with Crippen molar-refractivity contribution in [2.75, 3.05) is 18.0 Å². The molecule has 5 rings (SSSR count). The van der Waals surface area contributed by atoms with Gasteiger partial charge in [-0.15, -0.1) is 4.98 Å². The molecule has 2 aromatic carbocycles. The Hall–Kier alpha value is -3.95. The van der Waals surface area contributed by atoms with E-state index in [-0.39, 0.29) is 23.7 Å². The Bertz CT molecular complexity index is 1500. The minimum atomic E-state index is -0.0651. The fourth-order valence-corrected chi connectivity index (χ4v) is 5.74. The molecular formula is C32H35N5O. The summed E-state index contributed by atoms with van der Waals surface area (Å²) in [7, 11) is 1.76. The Morgan fingerprint density at radius 1 is 0.974 bits per heavy atom. The van der Waals surface area contributed by atoms with E-state index in [1.165, 1.54) is 22.3 Å². The first-order valence-corrected chi connectivity index (χ1v) is 13.3. The second-order valence-corrected chi connectivity index (χ2v) is 10.6. The van der Waals surface area contributed by atoms with Crippen molar-refractivity contribution in [3.63, 3.8) is 0 Å². The minimum absolute atomic E-state index is 0.0651. The molecule has 194 valence electrons. The van der Waals surface area contributed by atoms with Gasteiger partial charge >= 0.3 is 0 Å². The van der Waals surface area contributed by atoms with E-state index in [4.69, 9.17) is 6.57 Å². The third-order valence-corrected chi connectivity index (χ3v) is 7.95. The van der Waals surface area contributed by atoms with Gasteiger partial charge < -0.3 is 14.3 Å². The van der Waals surface area contributed by atoms with Crippen LogP contribution in [-0.2, 0) is 7.05 Å². The number of benzene rings is 2. The highest BCUT2D eigenvalue weighted by molar-refractivity contribution is 5.89. The van der Waals surface area contributed by atoms with Gasteiger partial charge in [-0.05, 0) is 50.5 Å². The molecule has 0 aliphatic carbocycles. The number of aromatic nitrogens is 2. The minimum Gasteiger partial charge on any atom is -0.362 e. The molecule has 1 aliphatic heterocycles. The van der Waals surface area contributed by atoms with Crippen LogP contribution in [0.25, 0.3) is 15.9 Å². The molecule has 0 amide bonds. The van der Waals surface area contributed by atoms with Crippen LogP contribution in [-0.4, -0.2) is 39.6 Å². The maximum atomic E-state index is 12.9. The number of anilines is 1. The van der Waals surface area contributed by atoms with Crippen molar-refractivity contribution < 1.29 is 0 Å². The molecule has 1 aliphatic rings. The van der Waals surface area contributed by atoms with Gasteiger partial charge in [-0.3, -0.25) is 9.69 Å². The SMILES string of the molecule is [C-]#[N+]c1ccc2c(n1)c(N1C[C@@H](CC)N(C(c3ccc(C)cc3)c3ccc(C)cc3)C[C@@H]1C)cc(=O)n2C. The Morgan fingerprint density at radius 2 is 1.58 bits per heavy atom. The van der Waals surface area contributed by atoms with Crippen molar-refractivity contribution in [1.82, 2.24) is 14.5 Å². The summed E-state index contributed by atoms with van der Waals surface area (Å²) in [5.74, 6) is 0.342. The lowest BCUT2D eigenvalue weighted by Gasteiger charge is -2.49. The number of hydrogen-bond donors (Lipinski definition) is 0. The molecular weight excluding hydrogens is 470 g/mol. The molecule has 1 saturated heterocycles. The third kappa shape index (κ3) is 4.70. The van der Waals surface area contributed by atoms with Gasteiger partial charge in [0.05, 0.1) is 17.2 Å². The van der Waals surface area contributed by atoms with E-state index in [1.54, 1.807) is 23.7 Å². The summed E-state index contributed by atoms with van der Waals surface area (Å²) < 4.78 is 1.61. The van der Waals surface area contributed by atoms with Crippen LogP contribution >= 0.6 is 0 Å². The molecule has 4 aromatic rings. The summed E-state index contributed by atoms with van der Waals surface area (Å²) in [4.78, 5) is 26.1. The smallest absolute Gasteiger partial charge is 0.270 e. The van der Waals surface area contributed by atoms with E-state index in [1.807, 2.05) is 6.07 Å². The Kier molecular flexibility index (Phi) is 7.05. The monoisotopic (exact) mass is 505 g/mol. The summed E-state index contributed by atoms with van der Waals surface area (Å²) in [6, 6.07) is 23.6. The number of aryl methyl sites for hydroxylation is 3. The van der Waals surface area contributed by atoms with E-state index in [0.29, 0.717) is 11.3 Å². The van der Waals surface area contributed by atoms with Crippen molar-refractivity contribution >= 4 is 22.5 Å². The third-order valence-electron chi connectivity index (χ3n) is 7.95. The molecule has 2 atom stereocenters. The first-order valence-electron chi connectivity index (χ1n) is 13.3. The molecule has 0 saturated carbocycles. The summed E-state index contributed by atoms with van der Waals surface area (Å²) in [6.45, 7) is 17.8. The highest BCUT2D eigenvalue weighted by atomic mass is 16.1. The largest absolute Gasteiger partial charge is 0.362 e. The molecule has 6 nitrogen and oxygen atoms in total. The average Bonchev–Trinajstić information content (AvgIpc) is 2.93. The number of rotatable bonds is 5. The second-order valence-electron chi connectivity index (χ2n) is 10.6. The Balaban J connectivity index is 1.58. The van der Waals surface area contributed by atoms with Crippen molar-refractivity contribution in [2.24, 2.45) is 7.05 Å². The summed E-state index contributed by atoms with van der Waals surface area (Å²) in [6.07, 6.45) is 0.973. The van der Waals surface area contributed by atoms with Gasteiger partial charge in [0, 0.05) is 38.3 Å². The number of pyridine rings is 2. The number of piperazine rings is 1. The van der Waals surface area contributed by atoms with Crippen LogP contribution in [0.15, 0.2) is 71.5 Å². The van der Waals surface area contributed by atoms with Crippen LogP contribution in [0.3, 0.4) is 0 Å². The average molecular weight is 506 g/mol. The van der Waals surface area contributed by atoms with E-state index in [9.17, 15) is 4.79 Å². The first kappa shape index (κ1) is 25.7. The lowest BCUT2D eigenvalue weighted by molar-refractivity contribution is 0.116. The molecule has 3 heterocycles. The highest BCUT2D eigenvalue weighted by Crippen LogP contribution is 2.37. The van der Waals surface area contributed by atoms with E-state index in [0.717, 1.165) is 30.7 Å². The van der Waals surface area contributed by atoms with Crippen LogP contribution in [0.4, 0.5) is 11.5 Å². The molecule has 38 heavy (non-hydrogen) atoms. The van der Waals surface area contributed by atoms with Crippen molar-refractivity contribution in [3.8, 4) is 0 Å². The topological polar surface area (TPSA) is 45.7 Å². The molecule has 1 fully saturated rings. The van der Waals surface area contributed by atoms with E-state index in [2.05, 4.69) is 95.9 Å². The van der Waals surface area contributed by atoms with Gasteiger partial charge in [0.15, 0.2) is 0 Å². The van der Waals surface area contributed by atoms with Crippen molar-refractivity contribution in [1.29, 1.82) is 0 Å². The van der Waals surface area contributed by atoms with Crippen LogP contribution in [0.2, 0.25) is 0 Å². The van der Waals surface area contributed by atoms with E-state index < -0.39 is 0 Å². The zero-order chi connectivity index (χ0) is 27.0. The lowest BCUT2D eigenvalue weighted by atomic mass is 9.91. The fraction of sp³-hybridized carbons (Fsp3) is 0.344. The van der Waals surface area contributed by atoms with Crippen LogP contribution < -0.4 is 10.5 Å². The predicted molar refractivity (Wildman–Crippen MR) is 155 cm³/mol. The number of fused-ring (bicyclic) bond motifs is 1. The molecule has 0 N–H and O–H groups in total. The first-order chi connectivity index (χ1) is 18.3. The second kappa shape index (κ2) is 10.4. The van der Waals surface area contributed by atoms with Gasteiger partial charge in [-0.25, -0.2) is 0 Å². The maximum absolute atomic E-state index is 12.9. The highest BCUT2D eigenvalue weighted by Gasteiger charge is 2.37. The standard InChI is InChI=1S/C32H35N5O/c1-7-26-20-36(28-18-30(38)35(6)27-16-17-29(33-5)34-31(27)28)23(4)19-37(26)32(24-12-8-21(2)9-13-24)25-14-10-22(3)11-15-25/h8-18,23,26,32H,7,19-20H2,1-4,6H3/t23-,26+/m0/s1. The van der Waals surface area contributed by atoms with Crippen LogP contribution in [0.1, 0.15) is 48.6 Å². The summed E-state index contributed by atoms with van der Waals surface area (Å²) >= 11 is 0. The van der Waals surface area contributed by atoms with Crippen LogP contribution in [0.5, 0.6) is 0 Å². The van der Waals surface area contributed by atoms with Gasteiger partial charge in [0.25, 0.3) is 11.4 Å². The van der Waals surface area contributed by atoms with E-state index >= 15 is 0 Å². The molecule has 0 radical (unpaired) electrons. The zero-order valence-corrected chi connectivity index (χ0v) is 22.8. The Morgan fingerprint density at radius 3 is 2.13 bits per heavy atom. The van der Waals surface area contributed by atoms with Crippen molar-refractivity contribution in [3.05, 3.63) is 111 Å². The normalized spacial score (nSPS) is 18.2. The van der Waals surface area contributed by atoms with Gasteiger partial charge in [0.2, 0.25) is 5.52 Å². The lowest BCUT2D eigenvalue weighted by Crippen LogP contribution is -2.58. The van der Waals surface area contributed by atoms with Crippen molar-refractivity contribution in [2.45, 2.75) is 52.2 Å². The molecule has 2 aromatic heterocycles. The number of hydrogen-bond acceptors (Lipinski definition) is 4. The Labute approximate surface area is 225 Å². The summed E-state index contributed by atoms with van der Waals surface area (Å²) in [5, 5.41) is 0. The van der Waals surface area contributed by atoms with Gasteiger partial charge in [0.1, 0.15) is 0 Å². The molecule has 6 heteroatoms. The van der Waals surface area contributed by atoms with Gasteiger partial charge in [-0.1, -0.05) is 73.2 Å². The van der Waals surface area contributed by atoms with Crippen LogP contribution in [0, 0.1) is 20.4 Å². The quantitative estimate of drug-likeness (QED) is 0.304. The zero-order valence-electron chi connectivity index (χ0n) is 22.8. The maximum Gasteiger partial charge on any atom is 0.270 e. The predicted octanol–water partition coefficient (Wildman–Crippen LogP) is 6.18.